The fraction of sp³-hybridized carbons (Fsp3) is 0.545. The second kappa shape index (κ2) is 15.6. The van der Waals surface area contributed by atoms with Crippen molar-refractivity contribution in [1.29, 1.82) is 0 Å². The molecule has 12 heteroatoms. The van der Waals surface area contributed by atoms with Crippen LogP contribution in [0.5, 0.6) is 11.5 Å². The smallest absolute Gasteiger partial charge is 0.306 e. The fourth-order valence-electron chi connectivity index (χ4n) is 6.24. The Morgan fingerprint density at radius 1 is 0.778 bits per heavy atom. The van der Waals surface area contributed by atoms with Gasteiger partial charge in [-0.2, -0.15) is 0 Å². The maximum atomic E-state index is 13.5. The molecule has 45 heavy (non-hydrogen) atoms. The molecule has 2 aromatic rings. The Hall–Kier alpha value is -3.55. The van der Waals surface area contributed by atoms with Crippen LogP contribution in [0.25, 0.3) is 0 Å². The van der Waals surface area contributed by atoms with Gasteiger partial charge in [-0.25, -0.2) is 0 Å². The highest BCUT2D eigenvalue weighted by Gasteiger charge is 2.50. The molecule has 0 bridgehead atoms. The molecule has 1 heterocycles. The molecule has 1 unspecified atom stereocenters. The number of hydrogen-bond acceptors (Lipinski definition) is 11. The van der Waals surface area contributed by atoms with E-state index in [4.69, 9.17) is 14.6 Å². The molecule has 6 atom stereocenters. The molecule has 12 nitrogen and oxygen atoms in total. The van der Waals surface area contributed by atoms with Gasteiger partial charge in [0.1, 0.15) is 42.5 Å². The van der Waals surface area contributed by atoms with E-state index in [1.54, 1.807) is 6.07 Å². The molecule has 1 aliphatic heterocycles. The zero-order valence-corrected chi connectivity index (χ0v) is 25.0. The maximum Gasteiger partial charge on any atom is 0.306 e. The second-order valence-electron chi connectivity index (χ2n) is 11.8. The first-order valence-electron chi connectivity index (χ1n) is 15.4. The number of phenols is 2. The molecule has 1 saturated heterocycles. The average Bonchev–Trinajstić information content (AvgIpc) is 3.00. The van der Waals surface area contributed by atoms with Crippen LogP contribution in [0.1, 0.15) is 103 Å². The number of phenolic OH excluding ortho intramolecular Hbond substituents is 2. The molecule has 0 aromatic heterocycles. The van der Waals surface area contributed by atoms with Crippen molar-refractivity contribution >= 4 is 17.7 Å². The van der Waals surface area contributed by atoms with Crippen LogP contribution < -0.4 is 0 Å². The number of carbonyl (C=O) groups is 3. The number of carbonyl (C=O) groups excluding carboxylic acids is 2. The van der Waals surface area contributed by atoms with Gasteiger partial charge in [-0.3, -0.25) is 14.4 Å². The summed E-state index contributed by atoms with van der Waals surface area (Å²) in [7, 11) is 0. The lowest BCUT2D eigenvalue weighted by atomic mass is 9.71. The van der Waals surface area contributed by atoms with Crippen LogP contribution in [0.3, 0.4) is 0 Å². The molecule has 0 amide bonds. The predicted molar refractivity (Wildman–Crippen MR) is 159 cm³/mol. The first-order valence-corrected chi connectivity index (χ1v) is 15.4. The lowest BCUT2D eigenvalue weighted by Crippen LogP contribution is -2.60. The Morgan fingerprint density at radius 3 is 2.04 bits per heavy atom. The number of ether oxygens (including phenoxy) is 2. The molecule has 2 aromatic carbocycles. The number of carboxylic acids is 1. The van der Waals surface area contributed by atoms with Gasteiger partial charge in [-0.15, -0.1) is 0 Å². The Bertz CT molecular complexity index is 1360. The summed E-state index contributed by atoms with van der Waals surface area (Å²) >= 11 is 0. The van der Waals surface area contributed by atoms with Gasteiger partial charge in [-0.1, -0.05) is 56.7 Å². The minimum Gasteiger partial charge on any atom is -0.507 e. The van der Waals surface area contributed by atoms with E-state index in [2.05, 4.69) is 0 Å². The molecule has 246 valence electrons. The summed E-state index contributed by atoms with van der Waals surface area (Å²) in [5.41, 5.74) is 0.554. The van der Waals surface area contributed by atoms with Crippen LogP contribution in [-0.2, 0) is 25.7 Å². The molecule has 1 fully saturated rings. The third-order valence-electron chi connectivity index (χ3n) is 8.59. The zero-order valence-electron chi connectivity index (χ0n) is 25.0. The quantitative estimate of drug-likeness (QED) is 0.112. The first-order chi connectivity index (χ1) is 21.5. The van der Waals surface area contributed by atoms with Crippen LogP contribution >= 0.6 is 0 Å². The molecule has 4 rings (SSSR count). The molecule has 2 aliphatic rings. The van der Waals surface area contributed by atoms with Crippen LogP contribution in [0.4, 0.5) is 0 Å². The Labute approximate surface area is 260 Å². The number of aliphatic hydroxyl groups excluding tert-OH is 4. The Kier molecular flexibility index (Phi) is 11.9. The van der Waals surface area contributed by atoms with Gasteiger partial charge < -0.3 is 45.2 Å². The van der Waals surface area contributed by atoms with Gasteiger partial charge in [0.15, 0.2) is 0 Å². The number of benzene rings is 2. The van der Waals surface area contributed by atoms with Crippen LogP contribution in [0.2, 0.25) is 0 Å². The summed E-state index contributed by atoms with van der Waals surface area (Å²) in [5.74, 6) is -3.69. The van der Waals surface area contributed by atoms with Crippen LogP contribution in [0, 0.1) is 0 Å². The number of aliphatic carboxylic acids is 1. The Morgan fingerprint density at radius 2 is 1.40 bits per heavy atom. The molecule has 0 saturated carbocycles. The zero-order chi connectivity index (χ0) is 32.7. The fourth-order valence-corrected chi connectivity index (χ4v) is 6.24. The van der Waals surface area contributed by atoms with Crippen LogP contribution in [-0.4, -0.2) is 90.6 Å². The summed E-state index contributed by atoms with van der Waals surface area (Å²) in [6, 6.07) is 7.18. The summed E-state index contributed by atoms with van der Waals surface area (Å²) in [6.45, 7) is -0.874. The number of unbranched alkanes of at least 4 members (excludes halogenated alkanes) is 7. The SMILES string of the molecule is O=C(O)CCCCCCCCCCC(=O)OCc1cc(O)c2c(c1)C([C@H]1O[C@@H](CO)[C@H](O)[C@@H](O)[C@@H]1O)c1cccc(O)c1C2=O. The van der Waals surface area contributed by atoms with Crippen molar-refractivity contribution in [2.24, 2.45) is 0 Å². The van der Waals surface area contributed by atoms with E-state index in [9.17, 15) is 45.0 Å². The van der Waals surface area contributed by atoms with Crippen molar-refractivity contribution in [3.05, 3.63) is 58.1 Å². The molecule has 0 radical (unpaired) electrons. The Balaban J connectivity index is 1.43. The number of ketones is 1. The first kappa shape index (κ1) is 34.3. The summed E-state index contributed by atoms with van der Waals surface area (Å²) in [5, 5.41) is 71.8. The van der Waals surface area contributed by atoms with Gasteiger partial charge in [-0.05, 0) is 41.7 Å². The maximum absolute atomic E-state index is 13.5. The molecule has 1 aliphatic carbocycles. The van der Waals surface area contributed by atoms with Gasteiger partial charge in [0.2, 0.25) is 5.78 Å². The lowest BCUT2D eigenvalue weighted by Gasteiger charge is -2.45. The van der Waals surface area contributed by atoms with E-state index >= 15 is 0 Å². The summed E-state index contributed by atoms with van der Waals surface area (Å²) in [6.07, 6.45) is -0.0578. The van der Waals surface area contributed by atoms with Crippen molar-refractivity contribution in [2.75, 3.05) is 6.61 Å². The van der Waals surface area contributed by atoms with E-state index in [0.717, 1.165) is 38.5 Å². The van der Waals surface area contributed by atoms with E-state index in [1.165, 1.54) is 24.3 Å². The number of carboxylic acid groups (broad SMARTS) is 1. The van der Waals surface area contributed by atoms with Crippen molar-refractivity contribution in [3.63, 3.8) is 0 Å². The van der Waals surface area contributed by atoms with Gasteiger partial charge in [0.25, 0.3) is 0 Å². The predicted octanol–water partition coefficient (Wildman–Crippen LogP) is 2.65. The average molecular weight is 631 g/mol. The number of fused-ring (bicyclic) bond motifs is 2. The normalized spacial score (nSPS) is 24.1. The molecule has 7 N–H and O–H groups in total. The highest BCUT2D eigenvalue weighted by molar-refractivity contribution is 6.16. The van der Waals surface area contributed by atoms with E-state index < -0.39 is 66.5 Å². The van der Waals surface area contributed by atoms with Crippen molar-refractivity contribution in [1.82, 2.24) is 0 Å². The monoisotopic (exact) mass is 630 g/mol. The van der Waals surface area contributed by atoms with Gasteiger partial charge in [0, 0.05) is 18.8 Å². The highest BCUT2D eigenvalue weighted by Crippen LogP contribution is 2.47. The molecular weight excluding hydrogens is 588 g/mol. The lowest BCUT2D eigenvalue weighted by molar-refractivity contribution is -0.232. The standard InChI is InChI=1S/C33H42O12/c34-16-23-29(40)31(42)32(43)33(45-23)26-19-10-9-11-21(35)27(19)30(41)28-20(26)14-18(15-22(28)36)17-44-25(39)13-8-6-4-2-1-3-5-7-12-24(37)38/h9-11,14-15,23,26,29,31-36,40,42-43H,1-8,12-13,16-17H2,(H,37,38)/t23-,26?,29-,31+,32-,33+/m0/s1. The number of aromatic hydroxyl groups is 2. The van der Waals surface area contributed by atoms with Crippen molar-refractivity contribution < 1.29 is 59.6 Å². The molecular formula is C33H42O12. The van der Waals surface area contributed by atoms with E-state index in [-0.39, 0.29) is 47.5 Å². The number of rotatable bonds is 15. The summed E-state index contributed by atoms with van der Waals surface area (Å²) in [4.78, 5) is 36.5. The number of aliphatic hydroxyl groups is 4. The minimum atomic E-state index is -1.69. The third kappa shape index (κ3) is 8.00. The highest BCUT2D eigenvalue weighted by atomic mass is 16.5. The largest absolute Gasteiger partial charge is 0.507 e. The van der Waals surface area contributed by atoms with E-state index in [0.29, 0.717) is 18.4 Å². The minimum absolute atomic E-state index is 0.111. The van der Waals surface area contributed by atoms with Gasteiger partial charge >= 0.3 is 11.9 Å². The van der Waals surface area contributed by atoms with Crippen molar-refractivity contribution in [2.45, 2.75) is 107 Å². The topological polar surface area (TPSA) is 211 Å². The summed E-state index contributed by atoms with van der Waals surface area (Å²) < 4.78 is 11.3. The second-order valence-corrected chi connectivity index (χ2v) is 11.8. The van der Waals surface area contributed by atoms with Crippen LogP contribution in [0.15, 0.2) is 30.3 Å². The molecule has 0 spiro atoms. The van der Waals surface area contributed by atoms with E-state index in [1.807, 2.05) is 0 Å². The number of hydrogen-bond donors (Lipinski definition) is 7. The third-order valence-corrected chi connectivity index (χ3v) is 8.59. The number of esters is 1. The van der Waals surface area contributed by atoms with Gasteiger partial charge in [0.05, 0.1) is 23.8 Å². The van der Waals surface area contributed by atoms with Crippen molar-refractivity contribution in [3.8, 4) is 11.5 Å².